The number of nitrogens with zero attached hydrogens (tertiary/aromatic N) is 2. The van der Waals surface area contributed by atoms with Gasteiger partial charge in [-0.15, -0.1) is 0 Å². The molecule has 0 spiro atoms. The Hall–Kier alpha value is -2.68. The molecule has 1 aromatic carbocycles. The van der Waals surface area contributed by atoms with Crippen molar-refractivity contribution in [2.24, 2.45) is 13.0 Å². The molecule has 0 saturated carbocycles. The molecule has 0 aliphatic carbocycles. The number of nitrogens with two attached hydrogens (primary N) is 1. The van der Waals surface area contributed by atoms with Crippen LogP contribution in [0.4, 0.5) is 5.82 Å². The maximum absolute atomic E-state index is 12.5. The van der Waals surface area contributed by atoms with E-state index >= 15 is 0 Å². The lowest BCUT2D eigenvalue weighted by atomic mass is 10.1. The summed E-state index contributed by atoms with van der Waals surface area (Å²) < 4.78 is 7.68. The summed E-state index contributed by atoms with van der Waals surface area (Å²) in [6, 6.07) is 6.47. The minimum Gasteiger partial charge on any atom is -0.454 e. The van der Waals surface area contributed by atoms with Crippen molar-refractivity contribution in [3.05, 3.63) is 60.7 Å². The van der Waals surface area contributed by atoms with Gasteiger partial charge in [-0.2, -0.15) is 0 Å². The predicted octanol–water partition coefficient (Wildman–Crippen LogP) is 1.59. The minimum atomic E-state index is -0.819. The normalized spacial score (nSPS) is 10.9. The zero-order valence-corrected chi connectivity index (χ0v) is 16.8. The van der Waals surface area contributed by atoms with Crippen molar-refractivity contribution in [3.8, 4) is 0 Å². The molecule has 1 heterocycles. The number of aromatic nitrogens is 2. The Morgan fingerprint density at radius 3 is 2.52 bits per heavy atom. The number of halogens is 1. The number of hydrogen-bond donors (Lipinski definition) is 1. The second kappa shape index (κ2) is 8.34. The van der Waals surface area contributed by atoms with Crippen molar-refractivity contribution in [1.82, 2.24) is 9.13 Å². The van der Waals surface area contributed by atoms with Gasteiger partial charge in [0, 0.05) is 18.1 Å². The van der Waals surface area contributed by atoms with Gasteiger partial charge in [0.05, 0.1) is 5.56 Å². The Kier molecular flexibility index (Phi) is 6.37. The van der Waals surface area contributed by atoms with Crippen LogP contribution in [0.3, 0.4) is 0 Å². The van der Waals surface area contributed by atoms with Gasteiger partial charge in [0.2, 0.25) is 5.78 Å². The standard InChI is InChI=1S/C18H20BrN3O5/c1-10(2)8-22-15(20)14(16(24)21(3)18(22)26)13(23)9-27-17(25)11-5-4-6-12(19)7-11/h4-7,10H,8-9,20H2,1-3H3. The van der Waals surface area contributed by atoms with E-state index in [4.69, 9.17) is 10.5 Å². The SMILES string of the molecule is CC(C)Cn1c(N)c(C(=O)COC(=O)c2cccc(Br)c2)c(=O)n(C)c1=O. The summed E-state index contributed by atoms with van der Waals surface area (Å²) in [5.41, 5.74) is 4.39. The third-order valence-corrected chi connectivity index (χ3v) is 4.30. The monoisotopic (exact) mass is 437 g/mol. The molecule has 9 heteroatoms. The molecule has 0 amide bonds. The van der Waals surface area contributed by atoms with Crippen LogP contribution in [0, 0.1) is 5.92 Å². The highest BCUT2D eigenvalue weighted by atomic mass is 79.9. The zero-order valence-electron chi connectivity index (χ0n) is 15.2. The number of benzene rings is 1. The second-order valence-electron chi connectivity index (χ2n) is 6.42. The third kappa shape index (κ3) is 4.54. The summed E-state index contributed by atoms with van der Waals surface area (Å²) in [7, 11) is 1.27. The maximum atomic E-state index is 12.5. The predicted molar refractivity (Wildman–Crippen MR) is 104 cm³/mol. The number of rotatable bonds is 6. The molecule has 144 valence electrons. The average molecular weight is 438 g/mol. The van der Waals surface area contributed by atoms with Crippen LogP contribution in [0.25, 0.3) is 0 Å². The van der Waals surface area contributed by atoms with Crippen LogP contribution in [0.1, 0.15) is 34.6 Å². The van der Waals surface area contributed by atoms with Crippen molar-refractivity contribution >= 4 is 33.5 Å². The molecule has 0 aliphatic heterocycles. The van der Waals surface area contributed by atoms with E-state index in [0.717, 1.165) is 4.57 Å². The molecule has 1 aromatic heterocycles. The smallest absolute Gasteiger partial charge is 0.338 e. The van der Waals surface area contributed by atoms with E-state index in [1.807, 2.05) is 13.8 Å². The molecule has 0 unspecified atom stereocenters. The summed E-state index contributed by atoms with van der Waals surface area (Å²) in [5.74, 6) is -1.63. The number of carbonyl (C=O) groups is 2. The van der Waals surface area contributed by atoms with Crippen molar-refractivity contribution in [1.29, 1.82) is 0 Å². The lowest BCUT2D eigenvalue weighted by Crippen LogP contribution is -2.43. The Morgan fingerprint density at radius 1 is 1.26 bits per heavy atom. The number of ketones is 1. The highest BCUT2D eigenvalue weighted by Crippen LogP contribution is 2.13. The molecule has 0 aliphatic rings. The summed E-state index contributed by atoms with van der Waals surface area (Å²) in [6.45, 7) is 3.33. The lowest BCUT2D eigenvalue weighted by Gasteiger charge is -2.16. The highest BCUT2D eigenvalue weighted by molar-refractivity contribution is 9.10. The molecule has 0 fully saturated rings. The van der Waals surface area contributed by atoms with Crippen molar-refractivity contribution in [3.63, 3.8) is 0 Å². The Morgan fingerprint density at radius 2 is 1.93 bits per heavy atom. The van der Waals surface area contributed by atoms with Gasteiger partial charge in [-0.1, -0.05) is 35.8 Å². The van der Waals surface area contributed by atoms with E-state index in [1.165, 1.54) is 17.7 Å². The molecule has 0 saturated heterocycles. The second-order valence-corrected chi connectivity index (χ2v) is 7.34. The van der Waals surface area contributed by atoms with Crippen molar-refractivity contribution < 1.29 is 14.3 Å². The number of ether oxygens (including phenoxy) is 1. The van der Waals surface area contributed by atoms with Gasteiger partial charge in [-0.25, -0.2) is 9.59 Å². The first-order valence-corrected chi connectivity index (χ1v) is 8.98. The summed E-state index contributed by atoms with van der Waals surface area (Å²) >= 11 is 3.24. The zero-order chi connectivity index (χ0) is 20.3. The molecular weight excluding hydrogens is 418 g/mol. The van der Waals surface area contributed by atoms with Gasteiger partial charge in [0.15, 0.2) is 6.61 Å². The lowest BCUT2D eigenvalue weighted by molar-refractivity contribution is 0.0474. The minimum absolute atomic E-state index is 0.0693. The largest absolute Gasteiger partial charge is 0.454 e. The van der Waals surface area contributed by atoms with Crippen LogP contribution < -0.4 is 17.0 Å². The van der Waals surface area contributed by atoms with E-state index in [-0.39, 0.29) is 29.4 Å². The molecule has 2 N–H and O–H groups in total. The fourth-order valence-electron chi connectivity index (χ4n) is 2.49. The first kappa shape index (κ1) is 20.6. The number of nitrogen functional groups attached to an aromatic ring is 1. The first-order valence-electron chi connectivity index (χ1n) is 8.18. The van der Waals surface area contributed by atoms with Crippen LogP contribution in [0.5, 0.6) is 0 Å². The van der Waals surface area contributed by atoms with E-state index in [0.29, 0.717) is 4.47 Å². The Bertz CT molecular complexity index is 1010. The van der Waals surface area contributed by atoms with Gasteiger partial charge in [0.1, 0.15) is 11.4 Å². The van der Waals surface area contributed by atoms with Crippen LogP contribution in [-0.2, 0) is 18.3 Å². The van der Waals surface area contributed by atoms with Crippen molar-refractivity contribution in [2.45, 2.75) is 20.4 Å². The third-order valence-electron chi connectivity index (χ3n) is 3.80. The van der Waals surface area contributed by atoms with Gasteiger partial charge < -0.3 is 10.5 Å². The average Bonchev–Trinajstić information content (AvgIpc) is 2.61. The van der Waals surface area contributed by atoms with Crippen molar-refractivity contribution in [2.75, 3.05) is 12.3 Å². The quantitative estimate of drug-likeness (QED) is 0.541. The van der Waals surface area contributed by atoms with Gasteiger partial charge in [0.25, 0.3) is 5.56 Å². The number of carbonyl (C=O) groups excluding carboxylic acids is 2. The number of anilines is 1. The Balaban J connectivity index is 2.31. The molecule has 0 radical (unpaired) electrons. The summed E-state index contributed by atoms with van der Waals surface area (Å²) in [4.78, 5) is 49.2. The van der Waals surface area contributed by atoms with Gasteiger partial charge in [-0.05, 0) is 24.1 Å². The van der Waals surface area contributed by atoms with Gasteiger partial charge in [-0.3, -0.25) is 18.7 Å². The Labute approximate surface area is 163 Å². The molecular formula is C18H20BrN3O5. The van der Waals surface area contributed by atoms with Gasteiger partial charge >= 0.3 is 11.7 Å². The van der Waals surface area contributed by atoms with Crippen LogP contribution in [0.2, 0.25) is 0 Å². The van der Waals surface area contributed by atoms with Crippen LogP contribution in [0.15, 0.2) is 38.3 Å². The molecule has 0 atom stereocenters. The van der Waals surface area contributed by atoms with Crippen LogP contribution in [-0.4, -0.2) is 27.5 Å². The number of hydrogen-bond acceptors (Lipinski definition) is 6. The van der Waals surface area contributed by atoms with E-state index in [9.17, 15) is 19.2 Å². The fraction of sp³-hybridized carbons (Fsp3) is 0.333. The van der Waals surface area contributed by atoms with Crippen LogP contribution >= 0.6 is 15.9 Å². The summed E-state index contributed by atoms with van der Waals surface area (Å²) in [5, 5.41) is 0. The first-order chi connectivity index (χ1) is 12.6. The summed E-state index contributed by atoms with van der Waals surface area (Å²) in [6.07, 6.45) is 0. The molecule has 0 bridgehead atoms. The van der Waals surface area contributed by atoms with E-state index < -0.39 is 29.6 Å². The number of Topliss-reactive ketones (excluding diaryl/α,β-unsaturated/α-hetero) is 1. The topological polar surface area (TPSA) is 113 Å². The van der Waals surface area contributed by atoms with E-state index in [2.05, 4.69) is 15.9 Å². The fourth-order valence-corrected chi connectivity index (χ4v) is 2.89. The maximum Gasteiger partial charge on any atom is 0.338 e. The van der Waals surface area contributed by atoms with E-state index in [1.54, 1.807) is 18.2 Å². The molecule has 2 rings (SSSR count). The highest BCUT2D eigenvalue weighted by Gasteiger charge is 2.23. The molecule has 2 aromatic rings. The molecule has 8 nitrogen and oxygen atoms in total. The number of esters is 1. The molecule has 27 heavy (non-hydrogen) atoms.